The summed E-state index contributed by atoms with van der Waals surface area (Å²) in [7, 11) is 0. The number of hydrogen-bond donors (Lipinski definition) is 1. The van der Waals surface area contributed by atoms with Gasteiger partial charge in [0.1, 0.15) is 0 Å². The Morgan fingerprint density at radius 1 is 1.22 bits per heavy atom. The molecule has 1 aliphatic heterocycles. The summed E-state index contributed by atoms with van der Waals surface area (Å²) in [5.74, 6) is 0. The van der Waals surface area contributed by atoms with Crippen molar-refractivity contribution in [2.24, 2.45) is 0 Å². The van der Waals surface area contributed by atoms with E-state index in [0.29, 0.717) is 24.7 Å². The molecule has 4 rings (SSSR count). The number of carbonyl (C=O) groups excluding carboxylic acids is 1. The zero-order valence-corrected chi connectivity index (χ0v) is 13.6. The molecule has 6 heteroatoms. The van der Waals surface area contributed by atoms with Crippen LogP contribution < -0.4 is 5.32 Å². The van der Waals surface area contributed by atoms with Gasteiger partial charge in [0.25, 0.3) is 0 Å². The summed E-state index contributed by atoms with van der Waals surface area (Å²) in [6.45, 7) is 2.68. The molecule has 1 aromatic carbocycles. The minimum atomic E-state index is -0.0147. The van der Waals surface area contributed by atoms with E-state index in [4.69, 9.17) is 11.6 Å². The molecule has 2 amide bonds. The average molecular weight is 331 g/mol. The van der Waals surface area contributed by atoms with Gasteiger partial charge in [-0.1, -0.05) is 23.7 Å². The van der Waals surface area contributed by atoms with Crippen LogP contribution in [-0.2, 0) is 32.5 Å². The second-order valence-electron chi connectivity index (χ2n) is 6.16. The largest absolute Gasteiger partial charge is 0.334 e. The molecule has 1 aliphatic carbocycles. The second kappa shape index (κ2) is 5.89. The molecule has 23 heavy (non-hydrogen) atoms. The van der Waals surface area contributed by atoms with Crippen molar-refractivity contribution in [2.75, 3.05) is 6.54 Å². The van der Waals surface area contributed by atoms with Crippen LogP contribution in [0.5, 0.6) is 0 Å². The van der Waals surface area contributed by atoms with Gasteiger partial charge in [-0.25, -0.2) is 4.79 Å². The third kappa shape index (κ3) is 2.81. The first-order valence-corrected chi connectivity index (χ1v) is 8.43. The Morgan fingerprint density at radius 3 is 2.87 bits per heavy atom. The highest BCUT2D eigenvalue weighted by Crippen LogP contribution is 2.27. The number of rotatable bonds is 2. The minimum Gasteiger partial charge on any atom is -0.334 e. The lowest BCUT2D eigenvalue weighted by Crippen LogP contribution is -2.44. The highest BCUT2D eigenvalue weighted by molar-refractivity contribution is 6.30. The molecule has 2 aromatic rings. The predicted octanol–water partition coefficient (Wildman–Crippen LogP) is 2.75. The van der Waals surface area contributed by atoms with Crippen LogP contribution in [0.3, 0.4) is 0 Å². The summed E-state index contributed by atoms with van der Waals surface area (Å²) in [4.78, 5) is 14.3. The first-order chi connectivity index (χ1) is 11.2. The number of halogens is 1. The fraction of sp³-hybridized carbons (Fsp3) is 0.412. The van der Waals surface area contributed by atoms with Crippen molar-refractivity contribution < 1.29 is 4.79 Å². The Bertz CT molecular complexity index is 738. The van der Waals surface area contributed by atoms with Crippen LogP contribution in [0.1, 0.15) is 28.9 Å². The third-order valence-corrected chi connectivity index (χ3v) is 4.91. The Balaban J connectivity index is 1.40. The zero-order chi connectivity index (χ0) is 15.8. The first kappa shape index (κ1) is 14.6. The maximum atomic E-state index is 12.4. The molecule has 0 radical (unpaired) electrons. The van der Waals surface area contributed by atoms with Crippen molar-refractivity contribution in [3.63, 3.8) is 0 Å². The average Bonchev–Trinajstić information content (AvgIpc) is 3.14. The minimum absolute atomic E-state index is 0.0147. The van der Waals surface area contributed by atoms with E-state index in [1.807, 2.05) is 29.2 Å². The van der Waals surface area contributed by atoms with Gasteiger partial charge in [0.2, 0.25) is 0 Å². The maximum absolute atomic E-state index is 12.4. The number of urea groups is 1. The highest BCUT2D eigenvalue weighted by atomic mass is 35.5. The molecule has 120 valence electrons. The number of carbonyl (C=O) groups is 1. The van der Waals surface area contributed by atoms with E-state index >= 15 is 0 Å². The van der Waals surface area contributed by atoms with Crippen LogP contribution in [0.15, 0.2) is 24.3 Å². The fourth-order valence-corrected chi connectivity index (χ4v) is 3.54. The lowest BCUT2D eigenvalue weighted by Gasteiger charge is -2.28. The lowest BCUT2D eigenvalue weighted by atomic mass is 10.1. The van der Waals surface area contributed by atoms with E-state index in [9.17, 15) is 4.79 Å². The molecule has 0 saturated carbocycles. The van der Waals surface area contributed by atoms with Crippen molar-refractivity contribution in [2.45, 2.75) is 38.9 Å². The van der Waals surface area contributed by atoms with Gasteiger partial charge < -0.3 is 10.2 Å². The molecule has 0 spiro atoms. The number of fused-ring (bicyclic) bond motifs is 3. The fourth-order valence-electron chi connectivity index (χ4n) is 3.41. The number of aryl methyl sites for hydroxylation is 1. The van der Waals surface area contributed by atoms with Gasteiger partial charge in [-0.05, 0) is 42.5 Å². The van der Waals surface area contributed by atoms with Gasteiger partial charge >= 0.3 is 6.03 Å². The number of benzene rings is 1. The highest BCUT2D eigenvalue weighted by Gasteiger charge is 2.28. The molecule has 2 heterocycles. The third-order valence-electron chi connectivity index (χ3n) is 4.66. The van der Waals surface area contributed by atoms with Crippen molar-refractivity contribution in [1.29, 1.82) is 0 Å². The molecular formula is C17H19ClN4O. The number of aromatic nitrogens is 2. The topological polar surface area (TPSA) is 50.2 Å². The van der Waals surface area contributed by atoms with Gasteiger partial charge in [0.05, 0.1) is 24.5 Å². The molecule has 1 N–H and O–H groups in total. The van der Waals surface area contributed by atoms with Crippen LogP contribution in [0.4, 0.5) is 4.79 Å². The maximum Gasteiger partial charge on any atom is 0.318 e. The monoisotopic (exact) mass is 330 g/mol. The number of nitrogens with zero attached hydrogens (tertiary/aromatic N) is 3. The smallest absolute Gasteiger partial charge is 0.318 e. The van der Waals surface area contributed by atoms with E-state index in [0.717, 1.165) is 24.9 Å². The van der Waals surface area contributed by atoms with Gasteiger partial charge in [0.15, 0.2) is 0 Å². The Labute approximate surface area is 140 Å². The standard InChI is InChI=1S/C17H19ClN4O/c18-13-6-4-12(5-7-13)10-19-17(23)21-8-9-22-16(11-21)14-2-1-3-15(14)20-22/h4-7H,1-3,8-11H2,(H,19,23). The normalized spacial score (nSPS) is 16.1. The van der Waals surface area contributed by atoms with Crippen molar-refractivity contribution in [3.8, 4) is 0 Å². The summed E-state index contributed by atoms with van der Waals surface area (Å²) < 4.78 is 2.09. The van der Waals surface area contributed by atoms with Crippen LogP contribution in [0, 0.1) is 0 Å². The van der Waals surface area contributed by atoms with Crippen LogP contribution in [-0.4, -0.2) is 27.3 Å². The van der Waals surface area contributed by atoms with Crippen molar-refractivity contribution in [1.82, 2.24) is 20.0 Å². The summed E-state index contributed by atoms with van der Waals surface area (Å²) in [5, 5.41) is 8.37. The van der Waals surface area contributed by atoms with Gasteiger partial charge in [-0.3, -0.25) is 4.68 Å². The van der Waals surface area contributed by atoms with Crippen LogP contribution in [0.25, 0.3) is 0 Å². The van der Waals surface area contributed by atoms with Crippen molar-refractivity contribution in [3.05, 3.63) is 51.8 Å². The number of amides is 2. The van der Waals surface area contributed by atoms with Crippen molar-refractivity contribution >= 4 is 17.6 Å². The quantitative estimate of drug-likeness (QED) is 0.920. The summed E-state index contributed by atoms with van der Waals surface area (Å²) >= 11 is 5.88. The molecule has 2 aliphatic rings. The second-order valence-corrected chi connectivity index (χ2v) is 6.59. The summed E-state index contributed by atoms with van der Waals surface area (Å²) in [6.07, 6.45) is 3.37. The molecule has 0 bridgehead atoms. The van der Waals surface area contributed by atoms with Gasteiger partial charge in [0, 0.05) is 18.1 Å². The number of hydrogen-bond acceptors (Lipinski definition) is 2. The molecule has 5 nitrogen and oxygen atoms in total. The molecule has 1 aromatic heterocycles. The first-order valence-electron chi connectivity index (χ1n) is 8.05. The molecule has 0 atom stereocenters. The van der Waals surface area contributed by atoms with Crippen LogP contribution in [0.2, 0.25) is 5.02 Å². The molecular weight excluding hydrogens is 312 g/mol. The Hall–Kier alpha value is -2.01. The van der Waals surface area contributed by atoms with E-state index in [1.165, 1.54) is 23.4 Å². The SMILES string of the molecule is O=C(NCc1ccc(Cl)cc1)N1CCn2nc3c(c2C1)CCC3. The van der Waals surface area contributed by atoms with Gasteiger partial charge in [-0.15, -0.1) is 0 Å². The van der Waals surface area contributed by atoms with E-state index in [-0.39, 0.29) is 6.03 Å². The van der Waals surface area contributed by atoms with Crippen LogP contribution >= 0.6 is 11.6 Å². The number of nitrogens with one attached hydrogen (secondary N) is 1. The molecule has 0 unspecified atom stereocenters. The molecule has 0 fully saturated rings. The predicted molar refractivity (Wildman–Crippen MR) is 88.3 cm³/mol. The van der Waals surface area contributed by atoms with E-state index in [1.54, 1.807) is 0 Å². The lowest BCUT2D eigenvalue weighted by molar-refractivity contribution is 0.180. The van der Waals surface area contributed by atoms with Gasteiger partial charge in [-0.2, -0.15) is 5.10 Å². The van der Waals surface area contributed by atoms with E-state index in [2.05, 4.69) is 15.1 Å². The Morgan fingerprint density at radius 2 is 2.04 bits per heavy atom. The zero-order valence-electron chi connectivity index (χ0n) is 12.9. The summed E-state index contributed by atoms with van der Waals surface area (Å²) in [5.41, 5.74) is 4.89. The summed E-state index contributed by atoms with van der Waals surface area (Å²) in [6, 6.07) is 7.53. The molecule has 0 saturated heterocycles. The Kier molecular flexibility index (Phi) is 3.73. The van der Waals surface area contributed by atoms with E-state index < -0.39 is 0 Å².